The number of fused-ring (bicyclic) bond motifs is 1. The molecule has 20 heavy (non-hydrogen) atoms. The van der Waals surface area contributed by atoms with Crippen molar-refractivity contribution >= 4 is 24.2 Å². The first kappa shape index (κ1) is 12.9. The van der Waals surface area contributed by atoms with Gasteiger partial charge in [-0.3, -0.25) is 4.79 Å². The molecule has 0 bridgehead atoms. The average Bonchev–Trinajstić information content (AvgIpc) is 2.89. The second kappa shape index (κ2) is 5.46. The van der Waals surface area contributed by atoms with E-state index in [1.165, 1.54) is 0 Å². The van der Waals surface area contributed by atoms with E-state index in [1.54, 1.807) is 18.2 Å². The zero-order valence-corrected chi connectivity index (χ0v) is 11.5. The van der Waals surface area contributed by atoms with Gasteiger partial charge in [-0.2, -0.15) is 0 Å². The lowest BCUT2D eigenvalue weighted by Gasteiger charge is -2.06. The van der Waals surface area contributed by atoms with Gasteiger partial charge in [-0.25, -0.2) is 0 Å². The molecule has 1 aliphatic heterocycles. The maximum Gasteiger partial charge on any atom is 0.231 e. The minimum Gasteiger partial charge on any atom is -0.454 e. The Morgan fingerprint density at radius 3 is 2.65 bits per heavy atom. The number of thiol groups is 1. The standard InChI is InChI=1S/C15H13NO3S/c17-15(7-10-1-4-12(20)5-2-10)16-11-3-6-13-14(8-11)19-9-18-13/h1-6,8,20H,7,9H2,(H,16,17). The molecule has 2 aromatic carbocycles. The Balaban J connectivity index is 1.65. The van der Waals surface area contributed by atoms with E-state index in [9.17, 15) is 4.79 Å². The number of carbonyl (C=O) groups is 1. The molecule has 3 rings (SSSR count). The van der Waals surface area contributed by atoms with Gasteiger partial charge in [-0.1, -0.05) is 12.1 Å². The highest BCUT2D eigenvalue weighted by Gasteiger charge is 2.14. The summed E-state index contributed by atoms with van der Waals surface area (Å²) >= 11 is 4.21. The van der Waals surface area contributed by atoms with E-state index >= 15 is 0 Å². The third-order valence-corrected chi connectivity index (χ3v) is 3.26. The molecule has 1 amide bonds. The zero-order valence-electron chi connectivity index (χ0n) is 10.6. The zero-order chi connectivity index (χ0) is 13.9. The molecule has 0 saturated heterocycles. The van der Waals surface area contributed by atoms with E-state index in [2.05, 4.69) is 17.9 Å². The Hall–Kier alpha value is -2.14. The number of hydrogen-bond donors (Lipinski definition) is 2. The summed E-state index contributed by atoms with van der Waals surface area (Å²) < 4.78 is 10.5. The van der Waals surface area contributed by atoms with Gasteiger partial charge in [0.05, 0.1) is 6.42 Å². The first-order chi connectivity index (χ1) is 9.70. The van der Waals surface area contributed by atoms with E-state index < -0.39 is 0 Å². The molecule has 4 nitrogen and oxygen atoms in total. The largest absolute Gasteiger partial charge is 0.454 e. The van der Waals surface area contributed by atoms with Gasteiger partial charge in [0.15, 0.2) is 11.5 Å². The topological polar surface area (TPSA) is 47.6 Å². The van der Waals surface area contributed by atoms with Gasteiger partial charge >= 0.3 is 0 Å². The maximum atomic E-state index is 12.0. The van der Waals surface area contributed by atoms with Gasteiger partial charge in [0, 0.05) is 16.6 Å². The van der Waals surface area contributed by atoms with E-state index in [0.717, 1.165) is 10.5 Å². The predicted molar refractivity (Wildman–Crippen MR) is 78.6 cm³/mol. The fraction of sp³-hybridized carbons (Fsp3) is 0.133. The molecular formula is C15H13NO3S. The molecule has 102 valence electrons. The van der Waals surface area contributed by atoms with Crippen LogP contribution in [-0.2, 0) is 11.2 Å². The van der Waals surface area contributed by atoms with Gasteiger partial charge in [0.1, 0.15) is 0 Å². The first-order valence-corrected chi connectivity index (χ1v) is 6.63. The molecule has 0 atom stereocenters. The minimum absolute atomic E-state index is 0.0734. The second-order valence-corrected chi connectivity index (χ2v) is 4.98. The Morgan fingerprint density at radius 2 is 1.85 bits per heavy atom. The lowest BCUT2D eigenvalue weighted by atomic mass is 10.1. The van der Waals surface area contributed by atoms with E-state index in [4.69, 9.17) is 9.47 Å². The highest BCUT2D eigenvalue weighted by molar-refractivity contribution is 7.80. The minimum atomic E-state index is -0.0734. The van der Waals surface area contributed by atoms with Crippen LogP contribution in [0.3, 0.4) is 0 Å². The fourth-order valence-corrected chi connectivity index (χ4v) is 2.13. The Morgan fingerprint density at radius 1 is 1.10 bits per heavy atom. The first-order valence-electron chi connectivity index (χ1n) is 6.18. The molecule has 0 spiro atoms. The molecular weight excluding hydrogens is 274 g/mol. The van der Waals surface area contributed by atoms with Crippen molar-refractivity contribution in [3.63, 3.8) is 0 Å². The summed E-state index contributed by atoms with van der Waals surface area (Å²) in [5, 5.41) is 2.84. The number of anilines is 1. The molecule has 1 aliphatic rings. The molecule has 0 unspecified atom stereocenters. The average molecular weight is 287 g/mol. The number of nitrogens with one attached hydrogen (secondary N) is 1. The van der Waals surface area contributed by atoms with Crippen LogP contribution in [0.25, 0.3) is 0 Å². The fourth-order valence-electron chi connectivity index (χ4n) is 1.98. The van der Waals surface area contributed by atoms with Crippen molar-refractivity contribution < 1.29 is 14.3 Å². The SMILES string of the molecule is O=C(Cc1ccc(S)cc1)Nc1ccc2c(c1)OCO2. The van der Waals surface area contributed by atoms with Crippen molar-refractivity contribution in [3.05, 3.63) is 48.0 Å². The Kier molecular flexibility index (Phi) is 3.52. The van der Waals surface area contributed by atoms with Gasteiger partial charge < -0.3 is 14.8 Å². The van der Waals surface area contributed by atoms with Gasteiger partial charge in [0.2, 0.25) is 12.7 Å². The van der Waals surface area contributed by atoms with Crippen LogP contribution in [0.4, 0.5) is 5.69 Å². The lowest BCUT2D eigenvalue weighted by molar-refractivity contribution is -0.115. The van der Waals surface area contributed by atoms with Gasteiger partial charge in [-0.05, 0) is 29.8 Å². The van der Waals surface area contributed by atoms with Crippen molar-refractivity contribution in [1.82, 2.24) is 0 Å². The second-order valence-electron chi connectivity index (χ2n) is 4.46. The summed E-state index contributed by atoms with van der Waals surface area (Å²) in [5.41, 5.74) is 1.64. The van der Waals surface area contributed by atoms with Crippen molar-refractivity contribution in [3.8, 4) is 11.5 Å². The van der Waals surface area contributed by atoms with Crippen LogP contribution < -0.4 is 14.8 Å². The highest BCUT2D eigenvalue weighted by atomic mass is 32.1. The predicted octanol–water partition coefficient (Wildman–Crippen LogP) is 2.89. The van der Waals surface area contributed by atoms with Crippen molar-refractivity contribution in [2.45, 2.75) is 11.3 Å². The molecule has 1 N–H and O–H groups in total. The molecule has 0 saturated carbocycles. The molecule has 5 heteroatoms. The summed E-state index contributed by atoms with van der Waals surface area (Å²) in [4.78, 5) is 12.8. The van der Waals surface area contributed by atoms with E-state index in [0.29, 0.717) is 23.6 Å². The van der Waals surface area contributed by atoms with Crippen molar-refractivity contribution in [2.75, 3.05) is 12.1 Å². The number of carbonyl (C=O) groups excluding carboxylic acids is 1. The normalized spacial score (nSPS) is 12.2. The van der Waals surface area contributed by atoms with Crippen LogP contribution in [0.1, 0.15) is 5.56 Å². The van der Waals surface area contributed by atoms with Gasteiger partial charge in [0.25, 0.3) is 0 Å². The van der Waals surface area contributed by atoms with Crippen LogP contribution in [0, 0.1) is 0 Å². The maximum absolute atomic E-state index is 12.0. The lowest BCUT2D eigenvalue weighted by Crippen LogP contribution is -2.14. The van der Waals surface area contributed by atoms with Crippen molar-refractivity contribution in [1.29, 1.82) is 0 Å². The Bertz CT molecular complexity index is 640. The van der Waals surface area contributed by atoms with Gasteiger partial charge in [-0.15, -0.1) is 12.6 Å². The number of rotatable bonds is 3. The molecule has 0 radical (unpaired) electrons. The summed E-state index contributed by atoms with van der Waals surface area (Å²) in [5.74, 6) is 1.28. The summed E-state index contributed by atoms with van der Waals surface area (Å²) in [7, 11) is 0. The number of amides is 1. The molecule has 2 aromatic rings. The third kappa shape index (κ3) is 2.88. The summed E-state index contributed by atoms with van der Waals surface area (Å²) in [6.45, 7) is 0.225. The number of hydrogen-bond acceptors (Lipinski definition) is 4. The molecule has 0 aliphatic carbocycles. The molecule has 1 heterocycles. The third-order valence-electron chi connectivity index (χ3n) is 2.96. The number of benzene rings is 2. The van der Waals surface area contributed by atoms with E-state index in [1.807, 2.05) is 24.3 Å². The monoisotopic (exact) mass is 287 g/mol. The summed E-state index contributed by atoms with van der Waals surface area (Å²) in [6.07, 6.45) is 0.322. The molecule has 0 aromatic heterocycles. The Labute approximate surface area is 122 Å². The molecule has 0 fully saturated rings. The van der Waals surface area contributed by atoms with Crippen LogP contribution in [-0.4, -0.2) is 12.7 Å². The summed E-state index contributed by atoms with van der Waals surface area (Å²) in [6, 6.07) is 12.9. The van der Waals surface area contributed by atoms with Crippen LogP contribution >= 0.6 is 12.6 Å². The quantitative estimate of drug-likeness (QED) is 0.853. The van der Waals surface area contributed by atoms with Crippen molar-refractivity contribution in [2.24, 2.45) is 0 Å². The van der Waals surface area contributed by atoms with Crippen LogP contribution in [0.2, 0.25) is 0 Å². The van der Waals surface area contributed by atoms with E-state index in [-0.39, 0.29) is 12.7 Å². The highest BCUT2D eigenvalue weighted by Crippen LogP contribution is 2.34. The van der Waals surface area contributed by atoms with Crippen LogP contribution in [0.5, 0.6) is 11.5 Å². The smallest absolute Gasteiger partial charge is 0.231 e. The van der Waals surface area contributed by atoms with Crippen LogP contribution in [0.15, 0.2) is 47.4 Å². The number of ether oxygens (including phenoxy) is 2.